The van der Waals surface area contributed by atoms with Gasteiger partial charge < -0.3 is 14.0 Å². The number of hydrogen-bond acceptors (Lipinski definition) is 4. The fourth-order valence-electron chi connectivity index (χ4n) is 4.25. The molecule has 1 amide bonds. The molecule has 1 spiro atoms. The Labute approximate surface area is 141 Å². The number of likely N-dealkylation sites (tertiary alicyclic amines) is 1. The van der Waals surface area contributed by atoms with Crippen molar-refractivity contribution >= 4 is 5.91 Å². The van der Waals surface area contributed by atoms with Crippen molar-refractivity contribution in [1.82, 2.24) is 29.2 Å². The van der Waals surface area contributed by atoms with E-state index in [0.717, 1.165) is 31.9 Å². The Morgan fingerprint density at radius 2 is 2.21 bits per heavy atom. The predicted molar refractivity (Wildman–Crippen MR) is 88.4 cm³/mol. The molecule has 2 aromatic heterocycles. The minimum atomic E-state index is 0.0333. The van der Waals surface area contributed by atoms with Crippen LogP contribution in [0.25, 0.3) is 0 Å². The van der Waals surface area contributed by atoms with E-state index in [9.17, 15) is 4.79 Å². The number of aromatic nitrogens is 5. The van der Waals surface area contributed by atoms with E-state index in [1.54, 1.807) is 12.5 Å². The number of carbonyl (C=O) groups excluding carboxylic acids is 1. The van der Waals surface area contributed by atoms with E-state index >= 15 is 0 Å². The van der Waals surface area contributed by atoms with Gasteiger partial charge in [0.05, 0.1) is 6.33 Å². The summed E-state index contributed by atoms with van der Waals surface area (Å²) < 4.78 is 3.98. The van der Waals surface area contributed by atoms with Crippen molar-refractivity contribution in [3.8, 4) is 0 Å². The van der Waals surface area contributed by atoms with E-state index in [1.165, 1.54) is 19.3 Å². The van der Waals surface area contributed by atoms with Crippen LogP contribution in [0.3, 0.4) is 0 Å². The first-order chi connectivity index (χ1) is 11.6. The standard InChI is InChI=1S/C17H24N6O/c1-3-7-22-12-19-20-15(22)13-8-23(10-17(13)5-4-6-17)16(24)14-9-21(2)11-18-14/h9,11-13H,3-8,10H2,1-2H3. The molecule has 1 saturated carbocycles. The van der Waals surface area contributed by atoms with Crippen molar-refractivity contribution in [2.45, 2.75) is 45.1 Å². The fraction of sp³-hybridized carbons (Fsp3) is 0.647. The maximum Gasteiger partial charge on any atom is 0.274 e. The van der Waals surface area contributed by atoms with E-state index in [1.807, 2.05) is 22.8 Å². The van der Waals surface area contributed by atoms with Gasteiger partial charge in [-0.15, -0.1) is 10.2 Å². The number of nitrogens with zero attached hydrogens (tertiary/aromatic N) is 6. The highest BCUT2D eigenvalue weighted by Crippen LogP contribution is 2.55. The second-order valence-corrected chi connectivity index (χ2v) is 7.26. The number of aryl methyl sites for hydroxylation is 2. The van der Waals surface area contributed by atoms with E-state index in [-0.39, 0.29) is 17.2 Å². The zero-order chi connectivity index (χ0) is 16.7. The number of imidazole rings is 1. The molecule has 24 heavy (non-hydrogen) atoms. The van der Waals surface area contributed by atoms with Gasteiger partial charge in [-0.25, -0.2) is 4.98 Å². The minimum Gasteiger partial charge on any atom is -0.340 e. The van der Waals surface area contributed by atoms with Gasteiger partial charge in [0.1, 0.15) is 17.8 Å². The van der Waals surface area contributed by atoms with Crippen LogP contribution < -0.4 is 0 Å². The monoisotopic (exact) mass is 328 g/mol. The van der Waals surface area contributed by atoms with Gasteiger partial charge in [0.2, 0.25) is 0 Å². The average Bonchev–Trinajstić information content (AvgIpc) is 3.23. The highest BCUT2D eigenvalue weighted by Gasteiger charge is 2.53. The molecule has 1 atom stereocenters. The molecule has 0 N–H and O–H groups in total. The SMILES string of the molecule is CCCn1cnnc1C1CN(C(=O)c2cn(C)cn2)CC12CCC2. The normalized spacial score (nSPS) is 22.1. The Balaban J connectivity index is 1.61. The summed E-state index contributed by atoms with van der Waals surface area (Å²) in [6.45, 7) is 4.63. The summed E-state index contributed by atoms with van der Waals surface area (Å²) in [6.07, 6.45) is 9.94. The molecule has 7 heteroatoms. The fourth-order valence-corrected chi connectivity index (χ4v) is 4.25. The van der Waals surface area contributed by atoms with E-state index in [4.69, 9.17) is 0 Å². The predicted octanol–water partition coefficient (Wildman–Crippen LogP) is 1.83. The Morgan fingerprint density at radius 1 is 1.38 bits per heavy atom. The zero-order valence-corrected chi connectivity index (χ0v) is 14.4. The molecule has 0 bridgehead atoms. The van der Waals surface area contributed by atoms with Crippen molar-refractivity contribution in [2.24, 2.45) is 12.5 Å². The summed E-state index contributed by atoms with van der Waals surface area (Å²) in [4.78, 5) is 19.0. The molecule has 2 aromatic rings. The van der Waals surface area contributed by atoms with Crippen molar-refractivity contribution in [3.05, 3.63) is 30.4 Å². The van der Waals surface area contributed by atoms with Gasteiger partial charge in [-0.2, -0.15) is 0 Å². The van der Waals surface area contributed by atoms with E-state index in [2.05, 4.69) is 26.7 Å². The molecule has 0 radical (unpaired) electrons. The minimum absolute atomic E-state index is 0.0333. The molecule has 7 nitrogen and oxygen atoms in total. The van der Waals surface area contributed by atoms with Crippen LogP contribution in [0, 0.1) is 5.41 Å². The Bertz CT molecular complexity index is 744. The van der Waals surface area contributed by atoms with E-state index < -0.39 is 0 Å². The molecule has 1 aliphatic heterocycles. The molecule has 1 unspecified atom stereocenters. The molecule has 3 heterocycles. The third-order valence-electron chi connectivity index (χ3n) is 5.63. The van der Waals surface area contributed by atoms with Crippen LogP contribution in [0.5, 0.6) is 0 Å². The van der Waals surface area contributed by atoms with Crippen LogP contribution in [-0.2, 0) is 13.6 Å². The van der Waals surface area contributed by atoms with Crippen LogP contribution in [0.2, 0.25) is 0 Å². The lowest BCUT2D eigenvalue weighted by atomic mass is 9.62. The molecule has 1 saturated heterocycles. The molecular weight excluding hydrogens is 304 g/mol. The summed E-state index contributed by atoms with van der Waals surface area (Å²) >= 11 is 0. The number of hydrogen-bond donors (Lipinski definition) is 0. The summed E-state index contributed by atoms with van der Waals surface area (Å²) in [5.41, 5.74) is 0.714. The Morgan fingerprint density at radius 3 is 2.83 bits per heavy atom. The smallest absolute Gasteiger partial charge is 0.274 e. The van der Waals surface area contributed by atoms with Crippen LogP contribution in [0.1, 0.15) is 54.8 Å². The molecule has 4 rings (SSSR count). The molecule has 0 aromatic carbocycles. The maximum atomic E-state index is 12.8. The highest BCUT2D eigenvalue weighted by molar-refractivity contribution is 5.92. The van der Waals surface area contributed by atoms with Gasteiger partial charge in [0, 0.05) is 38.8 Å². The lowest BCUT2D eigenvalue weighted by Crippen LogP contribution is -2.38. The summed E-state index contributed by atoms with van der Waals surface area (Å²) in [5, 5.41) is 8.55. The molecular formula is C17H24N6O. The number of amides is 1. The first kappa shape index (κ1) is 15.4. The molecule has 2 fully saturated rings. The van der Waals surface area contributed by atoms with Gasteiger partial charge in [-0.05, 0) is 24.7 Å². The van der Waals surface area contributed by atoms with Gasteiger partial charge in [-0.3, -0.25) is 4.79 Å². The quantitative estimate of drug-likeness (QED) is 0.859. The second kappa shape index (κ2) is 5.72. The third kappa shape index (κ3) is 2.34. The van der Waals surface area contributed by atoms with Gasteiger partial charge in [-0.1, -0.05) is 13.3 Å². The van der Waals surface area contributed by atoms with E-state index in [0.29, 0.717) is 5.69 Å². The highest BCUT2D eigenvalue weighted by atomic mass is 16.2. The molecule has 128 valence electrons. The topological polar surface area (TPSA) is 68.8 Å². The maximum absolute atomic E-state index is 12.8. The lowest BCUT2D eigenvalue weighted by Gasteiger charge is -2.42. The van der Waals surface area contributed by atoms with Gasteiger partial charge in [0.25, 0.3) is 5.91 Å². The third-order valence-corrected chi connectivity index (χ3v) is 5.63. The first-order valence-corrected chi connectivity index (χ1v) is 8.78. The number of rotatable bonds is 4. The van der Waals surface area contributed by atoms with Crippen LogP contribution >= 0.6 is 0 Å². The first-order valence-electron chi connectivity index (χ1n) is 8.78. The van der Waals surface area contributed by atoms with Crippen molar-refractivity contribution < 1.29 is 4.79 Å². The second-order valence-electron chi connectivity index (χ2n) is 7.26. The van der Waals surface area contributed by atoms with Crippen LogP contribution in [0.15, 0.2) is 18.9 Å². The Hall–Kier alpha value is -2.18. The average molecular weight is 328 g/mol. The molecule has 1 aliphatic carbocycles. The summed E-state index contributed by atoms with van der Waals surface area (Å²) in [5.74, 6) is 1.37. The van der Waals surface area contributed by atoms with Crippen molar-refractivity contribution in [1.29, 1.82) is 0 Å². The van der Waals surface area contributed by atoms with Crippen molar-refractivity contribution in [3.63, 3.8) is 0 Å². The lowest BCUT2D eigenvalue weighted by molar-refractivity contribution is 0.0718. The Kier molecular flexibility index (Phi) is 3.66. The molecule has 2 aliphatic rings. The van der Waals surface area contributed by atoms with Crippen LogP contribution in [-0.4, -0.2) is 48.2 Å². The van der Waals surface area contributed by atoms with Gasteiger partial charge in [0.15, 0.2) is 0 Å². The largest absolute Gasteiger partial charge is 0.340 e. The van der Waals surface area contributed by atoms with Crippen molar-refractivity contribution in [2.75, 3.05) is 13.1 Å². The summed E-state index contributed by atoms with van der Waals surface area (Å²) in [7, 11) is 1.89. The zero-order valence-electron chi connectivity index (χ0n) is 14.4. The number of carbonyl (C=O) groups is 1. The van der Waals surface area contributed by atoms with Gasteiger partial charge >= 0.3 is 0 Å². The summed E-state index contributed by atoms with van der Waals surface area (Å²) in [6, 6.07) is 0. The van der Waals surface area contributed by atoms with Crippen LogP contribution in [0.4, 0.5) is 0 Å².